The second-order valence-electron chi connectivity index (χ2n) is 7.06. The molecule has 0 spiro atoms. The van der Waals surface area contributed by atoms with Gasteiger partial charge in [-0.1, -0.05) is 6.07 Å². The Bertz CT molecular complexity index is 1050. The maximum absolute atomic E-state index is 9.39. The summed E-state index contributed by atoms with van der Waals surface area (Å²) in [5.41, 5.74) is 2.40. The van der Waals surface area contributed by atoms with Crippen molar-refractivity contribution in [2.24, 2.45) is 0 Å². The highest BCUT2D eigenvalue weighted by Crippen LogP contribution is 2.30. The van der Waals surface area contributed by atoms with Gasteiger partial charge in [0.15, 0.2) is 0 Å². The summed E-state index contributed by atoms with van der Waals surface area (Å²) in [4.78, 5) is 11.1. The Morgan fingerprint density at radius 2 is 2.14 bits per heavy atom. The Morgan fingerprint density at radius 1 is 1.24 bits per heavy atom. The summed E-state index contributed by atoms with van der Waals surface area (Å²) in [6.45, 7) is 4.22. The van der Waals surface area contributed by atoms with E-state index in [2.05, 4.69) is 33.2 Å². The second-order valence-corrected chi connectivity index (χ2v) is 7.06. The molecule has 2 aromatic heterocycles. The van der Waals surface area contributed by atoms with Crippen molar-refractivity contribution in [2.45, 2.75) is 19.1 Å². The summed E-state index contributed by atoms with van der Waals surface area (Å²) in [5, 5.41) is 13.7. The molecule has 2 atom stereocenters. The minimum Gasteiger partial charge on any atom is -0.481 e. The molecule has 1 N–H and O–H groups in total. The maximum Gasteiger partial charge on any atom is 0.214 e. The lowest BCUT2D eigenvalue weighted by atomic mass is 10.1. The van der Waals surface area contributed by atoms with E-state index in [-0.39, 0.29) is 12.2 Å². The van der Waals surface area contributed by atoms with Crippen LogP contribution in [-0.2, 0) is 4.74 Å². The van der Waals surface area contributed by atoms with Gasteiger partial charge in [-0.25, -0.2) is 0 Å². The zero-order valence-corrected chi connectivity index (χ0v) is 16.5. The molecule has 3 aromatic rings. The van der Waals surface area contributed by atoms with Crippen molar-refractivity contribution in [2.75, 3.05) is 37.0 Å². The minimum absolute atomic E-state index is 0.00545. The van der Waals surface area contributed by atoms with E-state index >= 15 is 0 Å². The molecular weight excluding hydrogens is 366 g/mol. The summed E-state index contributed by atoms with van der Waals surface area (Å²) in [5.74, 6) is 1.33. The van der Waals surface area contributed by atoms with E-state index in [0.29, 0.717) is 18.0 Å². The number of anilines is 2. The van der Waals surface area contributed by atoms with Crippen LogP contribution in [0.4, 0.5) is 11.5 Å². The van der Waals surface area contributed by atoms with Crippen LogP contribution in [0.3, 0.4) is 0 Å². The molecule has 0 amide bonds. The Kier molecular flexibility index (Phi) is 5.45. The van der Waals surface area contributed by atoms with E-state index in [1.807, 2.05) is 42.5 Å². The second kappa shape index (κ2) is 8.33. The van der Waals surface area contributed by atoms with Crippen molar-refractivity contribution < 1.29 is 9.47 Å². The number of morpholine rings is 1. The van der Waals surface area contributed by atoms with Crippen molar-refractivity contribution in [3.8, 4) is 11.9 Å². The molecule has 1 aliphatic rings. The average molecular weight is 389 g/mol. The molecule has 148 valence electrons. The van der Waals surface area contributed by atoms with Gasteiger partial charge in [0.1, 0.15) is 11.9 Å². The average Bonchev–Trinajstić information content (AvgIpc) is 2.76. The Morgan fingerprint density at radius 3 is 2.97 bits per heavy atom. The van der Waals surface area contributed by atoms with Gasteiger partial charge in [0, 0.05) is 43.0 Å². The fraction of sp³-hybridized carbons (Fsp3) is 0.318. The van der Waals surface area contributed by atoms with E-state index in [1.54, 1.807) is 13.3 Å². The normalized spacial score (nSPS) is 19.0. The van der Waals surface area contributed by atoms with Crippen molar-refractivity contribution in [3.05, 3.63) is 54.2 Å². The van der Waals surface area contributed by atoms with Crippen LogP contribution in [0, 0.1) is 11.3 Å². The molecule has 1 aliphatic heterocycles. The number of nitriles is 1. The molecule has 1 aromatic carbocycles. The van der Waals surface area contributed by atoms with Crippen molar-refractivity contribution in [1.29, 1.82) is 5.26 Å². The number of methoxy groups -OCH3 is 1. The number of nitrogens with zero attached hydrogens (tertiary/aromatic N) is 4. The Balaban J connectivity index is 1.54. The lowest BCUT2D eigenvalue weighted by molar-refractivity contribution is -0.00824. The molecule has 0 bridgehead atoms. The van der Waals surface area contributed by atoms with Crippen LogP contribution >= 0.6 is 0 Å². The monoisotopic (exact) mass is 389 g/mol. The summed E-state index contributed by atoms with van der Waals surface area (Å²) >= 11 is 0. The minimum atomic E-state index is -0.00545. The van der Waals surface area contributed by atoms with E-state index in [9.17, 15) is 5.26 Å². The lowest BCUT2D eigenvalue weighted by Crippen LogP contribution is -2.49. The number of rotatable bonds is 5. The van der Waals surface area contributed by atoms with Gasteiger partial charge in [0.05, 0.1) is 30.4 Å². The van der Waals surface area contributed by atoms with Gasteiger partial charge >= 0.3 is 0 Å². The fourth-order valence-electron chi connectivity index (χ4n) is 3.72. The predicted octanol–water partition coefficient (Wildman–Crippen LogP) is 3.22. The molecule has 0 unspecified atom stereocenters. The van der Waals surface area contributed by atoms with Crippen molar-refractivity contribution in [3.63, 3.8) is 0 Å². The highest BCUT2D eigenvalue weighted by atomic mass is 16.5. The predicted molar refractivity (Wildman–Crippen MR) is 112 cm³/mol. The number of aromatic nitrogens is 2. The third-order valence-electron chi connectivity index (χ3n) is 4.98. The van der Waals surface area contributed by atoms with Gasteiger partial charge in [0.2, 0.25) is 5.88 Å². The van der Waals surface area contributed by atoms with Gasteiger partial charge in [-0.2, -0.15) is 10.2 Å². The maximum atomic E-state index is 9.39. The van der Waals surface area contributed by atoms with E-state index in [1.165, 1.54) is 0 Å². The summed E-state index contributed by atoms with van der Waals surface area (Å²) in [7, 11) is 1.60. The Labute approximate surface area is 169 Å². The van der Waals surface area contributed by atoms with E-state index < -0.39 is 0 Å². The molecule has 4 rings (SSSR count). The SMILES string of the molecule is COc1cccc(NC[C@@H]2CN(c3ccc(C#N)c4ncccc34)C[C@@H](C)O2)n1. The van der Waals surface area contributed by atoms with Gasteiger partial charge in [-0.15, -0.1) is 0 Å². The summed E-state index contributed by atoms with van der Waals surface area (Å²) in [6, 6.07) is 15.6. The topological polar surface area (TPSA) is 83.3 Å². The van der Waals surface area contributed by atoms with Gasteiger partial charge in [0.25, 0.3) is 0 Å². The summed E-state index contributed by atoms with van der Waals surface area (Å²) in [6.07, 6.45) is 1.80. The van der Waals surface area contributed by atoms with Crippen molar-refractivity contribution >= 4 is 22.4 Å². The van der Waals surface area contributed by atoms with Gasteiger partial charge < -0.3 is 19.7 Å². The smallest absolute Gasteiger partial charge is 0.214 e. The van der Waals surface area contributed by atoms with Crippen LogP contribution < -0.4 is 15.0 Å². The standard InChI is InChI=1S/C22H23N5O2/c1-15-13-27(19-9-8-16(11-23)22-18(19)5-4-10-24-22)14-17(29-15)12-25-20-6-3-7-21(26-20)28-2/h3-10,15,17H,12-14H2,1-2H3,(H,25,26)/t15-,17-/m1/s1. The van der Waals surface area contributed by atoms with Crippen LogP contribution in [0.15, 0.2) is 48.7 Å². The highest BCUT2D eigenvalue weighted by molar-refractivity contribution is 5.95. The molecule has 7 heteroatoms. The lowest BCUT2D eigenvalue weighted by Gasteiger charge is -2.38. The third kappa shape index (κ3) is 4.08. The molecule has 0 saturated carbocycles. The van der Waals surface area contributed by atoms with Crippen LogP contribution in [0.1, 0.15) is 12.5 Å². The first-order valence-corrected chi connectivity index (χ1v) is 9.61. The molecule has 1 saturated heterocycles. The number of ether oxygens (including phenoxy) is 2. The van der Waals surface area contributed by atoms with E-state index in [4.69, 9.17) is 9.47 Å². The van der Waals surface area contributed by atoms with Crippen LogP contribution in [-0.4, -0.2) is 48.9 Å². The Hall–Kier alpha value is -3.37. The highest BCUT2D eigenvalue weighted by Gasteiger charge is 2.26. The third-order valence-corrected chi connectivity index (χ3v) is 4.98. The molecule has 0 aliphatic carbocycles. The van der Waals surface area contributed by atoms with Crippen LogP contribution in [0.2, 0.25) is 0 Å². The first-order valence-electron chi connectivity index (χ1n) is 9.61. The van der Waals surface area contributed by atoms with Crippen molar-refractivity contribution in [1.82, 2.24) is 9.97 Å². The zero-order chi connectivity index (χ0) is 20.2. The van der Waals surface area contributed by atoms with Gasteiger partial charge in [-0.3, -0.25) is 4.98 Å². The number of benzene rings is 1. The van der Waals surface area contributed by atoms with E-state index in [0.717, 1.165) is 35.5 Å². The molecular formula is C22H23N5O2. The number of nitrogens with one attached hydrogen (secondary N) is 1. The summed E-state index contributed by atoms with van der Waals surface area (Å²) < 4.78 is 11.3. The largest absolute Gasteiger partial charge is 0.481 e. The quantitative estimate of drug-likeness (QED) is 0.717. The molecule has 1 fully saturated rings. The molecule has 0 radical (unpaired) electrons. The van der Waals surface area contributed by atoms with Crippen LogP contribution in [0.5, 0.6) is 5.88 Å². The fourth-order valence-corrected chi connectivity index (χ4v) is 3.72. The molecule has 3 heterocycles. The number of fused-ring (bicyclic) bond motifs is 1. The zero-order valence-electron chi connectivity index (χ0n) is 16.5. The number of pyridine rings is 2. The first-order chi connectivity index (χ1) is 14.2. The van der Waals surface area contributed by atoms with Gasteiger partial charge in [-0.05, 0) is 37.3 Å². The molecule has 29 heavy (non-hydrogen) atoms. The number of hydrogen-bond acceptors (Lipinski definition) is 7. The molecule has 7 nitrogen and oxygen atoms in total. The first kappa shape index (κ1) is 19.0. The van der Waals surface area contributed by atoms with Crippen LogP contribution in [0.25, 0.3) is 10.9 Å². The number of hydrogen-bond donors (Lipinski definition) is 1.